The predicted octanol–water partition coefficient (Wildman–Crippen LogP) is 3.12. The lowest BCUT2D eigenvalue weighted by atomic mass is 10.2. The molecule has 0 atom stereocenters. The molecule has 0 aliphatic rings. The number of hydrogen-bond donors (Lipinski definition) is 1. The number of ether oxygens (including phenoxy) is 1. The van der Waals surface area contributed by atoms with E-state index in [-0.39, 0.29) is 5.75 Å². The Morgan fingerprint density at radius 1 is 1.05 bits per heavy atom. The molecule has 0 fully saturated rings. The van der Waals surface area contributed by atoms with Crippen LogP contribution in [-0.4, -0.2) is 22.4 Å². The van der Waals surface area contributed by atoms with E-state index in [9.17, 15) is 5.11 Å². The Morgan fingerprint density at radius 2 is 1.85 bits per heavy atom. The SMILES string of the molecule is COc1cccc(-c2noc(-c3cccc(O)c3)n2)c1. The fourth-order valence-electron chi connectivity index (χ4n) is 1.86. The zero-order valence-corrected chi connectivity index (χ0v) is 10.8. The van der Waals surface area contributed by atoms with Crippen molar-refractivity contribution in [1.29, 1.82) is 0 Å². The van der Waals surface area contributed by atoms with Gasteiger partial charge in [-0.3, -0.25) is 0 Å². The molecule has 3 rings (SSSR count). The number of aromatic hydroxyl groups is 1. The molecule has 5 nitrogen and oxygen atoms in total. The molecule has 0 saturated carbocycles. The van der Waals surface area contributed by atoms with Crippen LogP contribution in [0.4, 0.5) is 0 Å². The smallest absolute Gasteiger partial charge is 0.258 e. The average molecular weight is 268 g/mol. The fraction of sp³-hybridized carbons (Fsp3) is 0.0667. The lowest BCUT2D eigenvalue weighted by Gasteiger charge is -1.99. The normalized spacial score (nSPS) is 10.4. The molecule has 5 heteroatoms. The second kappa shape index (κ2) is 5.05. The minimum Gasteiger partial charge on any atom is -0.508 e. The summed E-state index contributed by atoms with van der Waals surface area (Å²) in [6, 6.07) is 14.1. The van der Waals surface area contributed by atoms with Gasteiger partial charge < -0.3 is 14.4 Å². The molecule has 0 aliphatic heterocycles. The maximum absolute atomic E-state index is 9.46. The highest BCUT2D eigenvalue weighted by Gasteiger charge is 2.11. The van der Waals surface area contributed by atoms with Gasteiger partial charge in [0.1, 0.15) is 11.5 Å². The second-order valence-corrected chi connectivity index (χ2v) is 4.21. The highest BCUT2D eigenvalue weighted by atomic mass is 16.5. The molecular weight excluding hydrogens is 256 g/mol. The number of rotatable bonds is 3. The number of hydrogen-bond acceptors (Lipinski definition) is 5. The van der Waals surface area contributed by atoms with E-state index in [1.807, 2.05) is 24.3 Å². The zero-order chi connectivity index (χ0) is 13.9. The summed E-state index contributed by atoms with van der Waals surface area (Å²) >= 11 is 0. The van der Waals surface area contributed by atoms with Crippen molar-refractivity contribution in [3.05, 3.63) is 48.5 Å². The minimum absolute atomic E-state index is 0.156. The van der Waals surface area contributed by atoms with Crippen LogP contribution in [0.3, 0.4) is 0 Å². The summed E-state index contributed by atoms with van der Waals surface area (Å²) in [5.41, 5.74) is 1.48. The number of methoxy groups -OCH3 is 1. The predicted molar refractivity (Wildman–Crippen MR) is 73.4 cm³/mol. The van der Waals surface area contributed by atoms with E-state index in [0.29, 0.717) is 17.3 Å². The molecule has 0 unspecified atom stereocenters. The number of aromatic nitrogens is 2. The van der Waals surface area contributed by atoms with Gasteiger partial charge in [0.05, 0.1) is 7.11 Å². The fourth-order valence-corrected chi connectivity index (χ4v) is 1.86. The molecule has 3 aromatic rings. The Bertz CT molecular complexity index is 737. The van der Waals surface area contributed by atoms with E-state index in [2.05, 4.69) is 10.1 Å². The molecule has 1 heterocycles. The second-order valence-electron chi connectivity index (χ2n) is 4.21. The van der Waals surface area contributed by atoms with Crippen molar-refractivity contribution < 1.29 is 14.4 Å². The van der Waals surface area contributed by atoms with E-state index >= 15 is 0 Å². The number of benzene rings is 2. The molecular formula is C15H12N2O3. The summed E-state index contributed by atoms with van der Waals surface area (Å²) in [4.78, 5) is 4.32. The molecule has 20 heavy (non-hydrogen) atoms. The van der Waals surface area contributed by atoms with E-state index in [0.717, 1.165) is 11.3 Å². The number of nitrogens with zero attached hydrogens (tertiary/aromatic N) is 2. The first-order valence-electron chi connectivity index (χ1n) is 6.04. The monoisotopic (exact) mass is 268 g/mol. The van der Waals surface area contributed by atoms with Crippen molar-refractivity contribution in [3.8, 4) is 34.3 Å². The highest BCUT2D eigenvalue weighted by Crippen LogP contribution is 2.26. The van der Waals surface area contributed by atoms with Gasteiger partial charge in [-0.05, 0) is 30.3 Å². The van der Waals surface area contributed by atoms with Gasteiger partial charge in [-0.2, -0.15) is 4.98 Å². The van der Waals surface area contributed by atoms with Crippen molar-refractivity contribution in [2.75, 3.05) is 7.11 Å². The standard InChI is InChI=1S/C15H12N2O3/c1-19-13-7-3-4-10(9-13)14-16-15(20-17-14)11-5-2-6-12(18)8-11/h2-9,18H,1H3. The topological polar surface area (TPSA) is 68.4 Å². The molecule has 0 radical (unpaired) electrons. The van der Waals surface area contributed by atoms with E-state index in [1.165, 1.54) is 0 Å². The lowest BCUT2D eigenvalue weighted by Crippen LogP contribution is -1.85. The Hall–Kier alpha value is -2.82. The Balaban J connectivity index is 1.97. The molecule has 0 amide bonds. The van der Waals surface area contributed by atoms with Crippen LogP contribution in [-0.2, 0) is 0 Å². The Labute approximate surface area is 115 Å². The number of phenolic OH excluding ortho intramolecular Hbond substituents is 1. The van der Waals surface area contributed by atoms with Crippen LogP contribution >= 0.6 is 0 Å². The summed E-state index contributed by atoms with van der Waals surface area (Å²) in [6.07, 6.45) is 0. The maximum Gasteiger partial charge on any atom is 0.258 e. The van der Waals surface area contributed by atoms with Crippen molar-refractivity contribution in [3.63, 3.8) is 0 Å². The molecule has 0 spiro atoms. The van der Waals surface area contributed by atoms with Gasteiger partial charge in [-0.25, -0.2) is 0 Å². The van der Waals surface area contributed by atoms with Gasteiger partial charge >= 0.3 is 0 Å². The Kier molecular flexibility index (Phi) is 3.09. The summed E-state index contributed by atoms with van der Waals surface area (Å²) < 4.78 is 10.4. The van der Waals surface area contributed by atoms with Gasteiger partial charge in [0.15, 0.2) is 0 Å². The van der Waals surface area contributed by atoms with Crippen LogP contribution in [0, 0.1) is 0 Å². The quantitative estimate of drug-likeness (QED) is 0.790. The summed E-state index contributed by atoms with van der Waals surface area (Å²) in [7, 11) is 1.60. The zero-order valence-electron chi connectivity index (χ0n) is 10.8. The first kappa shape index (κ1) is 12.2. The molecule has 2 aromatic carbocycles. The highest BCUT2D eigenvalue weighted by molar-refractivity contribution is 5.61. The average Bonchev–Trinajstić information content (AvgIpc) is 2.97. The Morgan fingerprint density at radius 3 is 2.65 bits per heavy atom. The third kappa shape index (κ3) is 2.33. The molecule has 0 saturated heterocycles. The largest absolute Gasteiger partial charge is 0.508 e. The van der Waals surface area contributed by atoms with Crippen LogP contribution in [0.2, 0.25) is 0 Å². The van der Waals surface area contributed by atoms with Crippen LogP contribution in [0.25, 0.3) is 22.8 Å². The number of phenols is 1. The molecule has 100 valence electrons. The van der Waals surface area contributed by atoms with Crippen LogP contribution in [0.5, 0.6) is 11.5 Å². The molecule has 1 aromatic heterocycles. The first-order chi connectivity index (χ1) is 9.76. The van der Waals surface area contributed by atoms with Crippen molar-refractivity contribution in [1.82, 2.24) is 10.1 Å². The third-order valence-corrected chi connectivity index (χ3v) is 2.85. The third-order valence-electron chi connectivity index (χ3n) is 2.85. The maximum atomic E-state index is 9.46. The van der Waals surface area contributed by atoms with E-state index in [4.69, 9.17) is 9.26 Å². The summed E-state index contributed by atoms with van der Waals surface area (Å²) in [6.45, 7) is 0. The van der Waals surface area contributed by atoms with Crippen LogP contribution in [0.1, 0.15) is 0 Å². The van der Waals surface area contributed by atoms with Gasteiger partial charge in [0.25, 0.3) is 5.89 Å². The molecule has 1 N–H and O–H groups in total. The van der Waals surface area contributed by atoms with E-state index < -0.39 is 0 Å². The van der Waals surface area contributed by atoms with Gasteiger partial charge in [-0.15, -0.1) is 0 Å². The van der Waals surface area contributed by atoms with Crippen LogP contribution < -0.4 is 4.74 Å². The van der Waals surface area contributed by atoms with Crippen molar-refractivity contribution in [2.24, 2.45) is 0 Å². The molecule has 0 aliphatic carbocycles. The first-order valence-corrected chi connectivity index (χ1v) is 6.04. The summed E-state index contributed by atoms with van der Waals surface area (Å²) in [5.74, 6) is 1.72. The minimum atomic E-state index is 0.156. The molecule has 0 bridgehead atoms. The summed E-state index contributed by atoms with van der Waals surface area (Å²) in [5, 5.41) is 13.4. The lowest BCUT2D eigenvalue weighted by molar-refractivity contribution is 0.414. The van der Waals surface area contributed by atoms with Gasteiger partial charge in [0, 0.05) is 11.1 Å². The van der Waals surface area contributed by atoms with Crippen molar-refractivity contribution in [2.45, 2.75) is 0 Å². The van der Waals surface area contributed by atoms with E-state index in [1.54, 1.807) is 31.4 Å². The van der Waals surface area contributed by atoms with Gasteiger partial charge in [-0.1, -0.05) is 23.4 Å². The van der Waals surface area contributed by atoms with Crippen molar-refractivity contribution >= 4 is 0 Å². The van der Waals surface area contributed by atoms with Gasteiger partial charge in [0.2, 0.25) is 5.82 Å². The van der Waals surface area contributed by atoms with Crippen LogP contribution in [0.15, 0.2) is 53.1 Å².